The van der Waals surface area contributed by atoms with Crippen LogP contribution in [0.2, 0.25) is 0 Å². The van der Waals surface area contributed by atoms with Gasteiger partial charge in [0.05, 0.1) is 6.54 Å². The predicted octanol–water partition coefficient (Wildman–Crippen LogP) is 0.506. The quantitative estimate of drug-likeness (QED) is 0.616. The Labute approximate surface area is 75.7 Å². The monoisotopic (exact) mass is 178 g/mol. The van der Waals surface area contributed by atoms with E-state index in [-0.39, 0.29) is 12.5 Å². The third kappa shape index (κ3) is 1.41. The van der Waals surface area contributed by atoms with E-state index in [1.165, 1.54) is 0 Å². The smallest absolute Gasteiger partial charge is 0.261 e. The Bertz CT molecular complexity index is 313. The molecule has 0 spiro atoms. The highest BCUT2D eigenvalue weighted by molar-refractivity contribution is 5.79. The topological polar surface area (TPSA) is 52.6 Å². The van der Waals surface area contributed by atoms with E-state index in [2.05, 4.69) is 5.32 Å². The van der Waals surface area contributed by atoms with E-state index in [0.717, 1.165) is 10.6 Å². The van der Waals surface area contributed by atoms with E-state index >= 15 is 0 Å². The van der Waals surface area contributed by atoms with Crippen LogP contribution < -0.4 is 5.32 Å². The van der Waals surface area contributed by atoms with Crippen LogP contribution in [0.15, 0.2) is 30.3 Å². The lowest BCUT2D eigenvalue weighted by atomic mass is 10.2. The SMILES string of the molecule is O=C1CN[C@@H](c2ccccc2)N1O. The molecule has 2 rings (SSSR count). The van der Waals surface area contributed by atoms with E-state index < -0.39 is 6.17 Å². The molecule has 1 aliphatic rings. The molecule has 1 fully saturated rings. The molecule has 4 nitrogen and oxygen atoms in total. The summed E-state index contributed by atoms with van der Waals surface area (Å²) in [4.78, 5) is 11.0. The average Bonchev–Trinajstić information content (AvgIpc) is 2.49. The molecule has 2 N–H and O–H groups in total. The van der Waals surface area contributed by atoms with Crippen LogP contribution in [0.25, 0.3) is 0 Å². The van der Waals surface area contributed by atoms with Gasteiger partial charge in [0.25, 0.3) is 5.91 Å². The number of nitrogens with one attached hydrogen (secondary N) is 1. The Balaban J connectivity index is 2.24. The Morgan fingerprint density at radius 2 is 2.08 bits per heavy atom. The van der Waals surface area contributed by atoms with Crippen LogP contribution in [-0.4, -0.2) is 22.7 Å². The molecule has 0 radical (unpaired) electrons. The minimum absolute atomic E-state index is 0.191. The first kappa shape index (κ1) is 8.22. The lowest BCUT2D eigenvalue weighted by Crippen LogP contribution is -2.26. The second kappa shape index (κ2) is 3.16. The number of hydrogen-bond acceptors (Lipinski definition) is 3. The van der Waals surface area contributed by atoms with Gasteiger partial charge in [0.1, 0.15) is 6.17 Å². The number of rotatable bonds is 1. The molecule has 4 heteroatoms. The highest BCUT2D eigenvalue weighted by Crippen LogP contribution is 2.19. The fourth-order valence-electron chi connectivity index (χ4n) is 1.39. The molecular formula is C9H10N2O2. The van der Waals surface area contributed by atoms with Crippen molar-refractivity contribution in [3.63, 3.8) is 0 Å². The van der Waals surface area contributed by atoms with Gasteiger partial charge in [-0.2, -0.15) is 0 Å². The van der Waals surface area contributed by atoms with Crippen LogP contribution in [0.1, 0.15) is 11.7 Å². The van der Waals surface area contributed by atoms with Crippen LogP contribution in [0.3, 0.4) is 0 Å². The summed E-state index contributed by atoms with van der Waals surface area (Å²) in [5, 5.41) is 13.0. The van der Waals surface area contributed by atoms with Crippen molar-refractivity contribution in [2.75, 3.05) is 6.54 Å². The zero-order valence-electron chi connectivity index (χ0n) is 6.97. The molecule has 68 valence electrons. The van der Waals surface area contributed by atoms with Crippen LogP contribution in [0.4, 0.5) is 0 Å². The average molecular weight is 178 g/mol. The Kier molecular flexibility index (Phi) is 2.00. The third-order valence-corrected chi connectivity index (χ3v) is 2.06. The molecule has 1 aliphatic heterocycles. The van der Waals surface area contributed by atoms with Gasteiger partial charge in [0.2, 0.25) is 0 Å². The second-order valence-electron chi connectivity index (χ2n) is 2.93. The first-order valence-electron chi connectivity index (χ1n) is 4.08. The van der Waals surface area contributed by atoms with Gasteiger partial charge in [-0.15, -0.1) is 0 Å². The number of amides is 1. The molecule has 1 amide bonds. The number of nitrogens with zero attached hydrogens (tertiary/aromatic N) is 1. The lowest BCUT2D eigenvalue weighted by Gasteiger charge is -2.17. The molecule has 0 bridgehead atoms. The van der Waals surface area contributed by atoms with Gasteiger partial charge in [0.15, 0.2) is 0 Å². The van der Waals surface area contributed by atoms with E-state index in [4.69, 9.17) is 0 Å². The van der Waals surface area contributed by atoms with Crippen molar-refractivity contribution in [3.05, 3.63) is 35.9 Å². The van der Waals surface area contributed by atoms with Gasteiger partial charge in [0, 0.05) is 0 Å². The summed E-state index contributed by atoms with van der Waals surface area (Å²) in [6.45, 7) is 0.191. The fraction of sp³-hybridized carbons (Fsp3) is 0.222. The normalized spacial score (nSPS) is 22.4. The summed E-state index contributed by atoms with van der Waals surface area (Å²) in [5.74, 6) is -0.297. The summed E-state index contributed by atoms with van der Waals surface area (Å²) in [6, 6.07) is 9.35. The summed E-state index contributed by atoms with van der Waals surface area (Å²) in [6.07, 6.45) is -0.395. The van der Waals surface area contributed by atoms with Crippen molar-refractivity contribution >= 4 is 5.91 Å². The summed E-state index contributed by atoms with van der Waals surface area (Å²) >= 11 is 0. The Morgan fingerprint density at radius 3 is 2.62 bits per heavy atom. The van der Waals surface area contributed by atoms with Gasteiger partial charge in [-0.3, -0.25) is 15.3 Å². The highest BCUT2D eigenvalue weighted by atomic mass is 16.5. The molecule has 1 aromatic carbocycles. The van der Waals surface area contributed by atoms with Crippen molar-refractivity contribution in [1.82, 2.24) is 10.4 Å². The van der Waals surface area contributed by atoms with Crippen molar-refractivity contribution in [3.8, 4) is 0 Å². The zero-order valence-corrected chi connectivity index (χ0v) is 6.97. The molecule has 0 aromatic heterocycles. The first-order chi connectivity index (χ1) is 6.29. The van der Waals surface area contributed by atoms with Gasteiger partial charge in [-0.05, 0) is 5.56 Å². The van der Waals surface area contributed by atoms with E-state index in [9.17, 15) is 10.0 Å². The number of benzene rings is 1. The van der Waals surface area contributed by atoms with Gasteiger partial charge in [-0.1, -0.05) is 30.3 Å². The minimum Gasteiger partial charge on any atom is -0.284 e. The van der Waals surface area contributed by atoms with Crippen molar-refractivity contribution in [2.45, 2.75) is 6.17 Å². The highest BCUT2D eigenvalue weighted by Gasteiger charge is 2.29. The predicted molar refractivity (Wildman–Crippen MR) is 45.8 cm³/mol. The first-order valence-corrected chi connectivity index (χ1v) is 4.08. The van der Waals surface area contributed by atoms with Gasteiger partial charge >= 0.3 is 0 Å². The number of carbonyl (C=O) groups excluding carboxylic acids is 1. The summed E-state index contributed by atoms with van der Waals surface area (Å²) in [7, 11) is 0. The van der Waals surface area contributed by atoms with Crippen LogP contribution in [0.5, 0.6) is 0 Å². The van der Waals surface area contributed by atoms with Crippen LogP contribution in [0, 0.1) is 0 Å². The molecule has 0 unspecified atom stereocenters. The minimum atomic E-state index is -0.395. The summed E-state index contributed by atoms with van der Waals surface area (Å²) < 4.78 is 0. The molecule has 1 aromatic rings. The van der Waals surface area contributed by atoms with Gasteiger partial charge in [-0.25, -0.2) is 5.06 Å². The van der Waals surface area contributed by atoms with Gasteiger partial charge < -0.3 is 0 Å². The van der Waals surface area contributed by atoms with Crippen molar-refractivity contribution < 1.29 is 10.0 Å². The molecule has 0 saturated carbocycles. The maximum Gasteiger partial charge on any atom is 0.261 e. The van der Waals surface area contributed by atoms with Crippen molar-refractivity contribution in [1.29, 1.82) is 0 Å². The fourth-order valence-corrected chi connectivity index (χ4v) is 1.39. The maximum atomic E-state index is 11.0. The molecule has 13 heavy (non-hydrogen) atoms. The van der Waals surface area contributed by atoms with E-state index in [1.54, 1.807) is 0 Å². The maximum absolute atomic E-state index is 11.0. The van der Waals surface area contributed by atoms with E-state index in [1.807, 2.05) is 30.3 Å². The zero-order chi connectivity index (χ0) is 9.26. The van der Waals surface area contributed by atoms with E-state index in [0.29, 0.717) is 0 Å². The molecule has 0 aliphatic carbocycles. The molecule has 1 heterocycles. The molecular weight excluding hydrogens is 168 g/mol. The number of hydrogen-bond donors (Lipinski definition) is 2. The largest absolute Gasteiger partial charge is 0.284 e. The third-order valence-electron chi connectivity index (χ3n) is 2.06. The number of hydroxylamine groups is 2. The molecule has 1 atom stereocenters. The van der Waals surface area contributed by atoms with Crippen LogP contribution >= 0.6 is 0 Å². The standard InChI is InChI=1S/C9H10N2O2/c12-8-6-10-9(11(8)13)7-4-2-1-3-5-7/h1-5,9-10,13H,6H2/t9-/m1/s1. The number of carbonyl (C=O) groups is 1. The Hall–Kier alpha value is -1.39. The summed E-state index contributed by atoms with van der Waals surface area (Å²) in [5.41, 5.74) is 0.885. The molecule has 1 saturated heterocycles. The lowest BCUT2D eigenvalue weighted by molar-refractivity contribution is -0.165. The Morgan fingerprint density at radius 1 is 1.38 bits per heavy atom. The second-order valence-corrected chi connectivity index (χ2v) is 2.93. The van der Waals surface area contributed by atoms with Crippen molar-refractivity contribution in [2.24, 2.45) is 0 Å². The van der Waals surface area contributed by atoms with Crippen LogP contribution in [-0.2, 0) is 4.79 Å².